The number of ketones is 1. The van der Waals surface area contributed by atoms with Gasteiger partial charge >= 0.3 is 5.97 Å². The molecule has 4 rings (SSSR count). The average Bonchev–Trinajstić information content (AvgIpc) is 3.52. The zero-order valence-electron chi connectivity index (χ0n) is 30.3. The van der Waals surface area contributed by atoms with Crippen LogP contribution in [0.1, 0.15) is 118 Å². The molecule has 0 radical (unpaired) electrons. The lowest BCUT2D eigenvalue weighted by atomic mass is 9.45. The highest BCUT2D eigenvalue weighted by atomic mass is 16.6. The molecule has 0 bridgehead atoms. The Hall–Kier alpha value is -3.92. The normalized spacial score (nSPS) is 26.0. The average molecular weight is 675 g/mol. The Balaban J connectivity index is 1.19. The Labute approximate surface area is 290 Å². The number of esters is 1. The second kappa shape index (κ2) is 15.7. The van der Waals surface area contributed by atoms with Gasteiger partial charge in [-0.1, -0.05) is 61.4 Å². The number of carbonyl (C=O) groups is 2. The maximum atomic E-state index is 12.8. The number of hydrogen-bond donors (Lipinski definition) is 1. The molecule has 1 aromatic carbocycles. The van der Waals surface area contributed by atoms with Gasteiger partial charge in [0, 0.05) is 29.5 Å². The molecule has 1 N–H and O–H groups in total. The molecule has 4 atom stereocenters. The number of rotatable bonds is 14. The van der Waals surface area contributed by atoms with Crippen LogP contribution in [0.2, 0.25) is 0 Å². The molecule has 10 nitrogen and oxygen atoms in total. The minimum atomic E-state index is -0.703. The van der Waals surface area contributed by atoms with Crippen LogP contribution in [0.5, 0.6) is 0 Å². The molecule has 2 aliphatic rings. The van der Waals surface area contributed by atoms with E-state index in [2.05, 4.69) is 57.1 Å². The number of carbonyl (C=O) groups excluding carboxylic acids is 2. The lowest BCUT2D eigenvalue weighted by Crippen LogP contribution is -2.59. The first-order valence-corrected chi connectivity index (χ1v) is 17.6. The van der Waals surface area contributed by atoms with E-state index in [1.54, 1.807) is 25.3 Å². The van der Waals surface area contributed by atoms with Crippen LogP contribution < -0.4 is 0 Å². The molecule has 1 heterocycles. The number of aliphatic hydroxyl groups is 1. The second-order valence-electron chi connectivity index (χ2n) is 15.3. The summed E-state index contributed by atoms with van der Waals surface area (Å²) in [4.78, 5) is 35.8. The summed E-state index contributed by atoms with van der Waals surface area (Å²) in [5, 5.41) is 30.5. The van der Waals surface area contributed by atoms with Crippen LogP contribution in [0.3, 0.4) is 0 Å². The third kappa shape index (κ3) is 9.21. The highest BCUT2D eigenvalue weighted by Gasteiger charge is 2.59. The van der Waals surface area contributed by atoms with Crippen molar-refractivity contribution in [2.75, 3.05) is 0 Å². The van der Waals surface area contributed by atoms with Gasteiger partial charge in [-0.05, 0) is 109 Å². The lowest BCUT2D eigenvalue weighted by Gasteiger charge is -2.60. The van der Waals surface area contributed by atoms with E-state index < -0.39 is 16.5 Å². The quantitative estimate of drug-likeness (QED) is 0.0692. The summed E-state index contributed by atoms with van der Waals surface area (Å²) in [6.07, 6.45) is 16.6. The van der Waals surface area contributed by atoms with Crippen LogP contribution in [0.15, 0.2) is 65.4 Å². The van der Waals surface area contributed by atoms with Crippen LogP contribution in [-0.4, -0.2) is 42.4 Å². The number of allylic oxidation sites excluding steroid dienone is 5. The second-order valence-corrected chi connectivity index (χ2v) is 15.3. The van der Waals surface area contributed by atoms with Gasteiger partial charge in [0.1, 0.15) is 18.1 Å². The minimum Gasteiger partial charge on any atom is -0.456 e. The summed E-state index contributed by atoms with van der Waals surface area (Å²) < 4.78 is 6.81. The van der Waals surface area contributed by atoms with Crippen molar-refractivity contribution in [2.45, 2.75) is 125 Å². The molecular formula is C39H54N4O6. The van der Waals surface area contributed by atoms with Gasteiger partial charge in [0.05, 0.1) is 22.4 Å². The van der Waals surface area contributed by atoms with Gasteiger partial charge < -0.3 is 9.84 Å². The van der Waals surface area contributed by atoms with Crippen molar-refractivity contribution in [3.8, 4) is 5.69 Å². The third-order valence-electron chi connectivity index (χ3n) is 11.3. The number of fused-ring (bicyclic) bond motifs is 1. The summed E-state index contributed by atoms with van der Waals surface area (Å²) in [5.74, 6) is 0.446. The molecule has 10 heteroatoms. The largest absolute Gasteiger partial charge is 0.456 e. The highest BCUT2D eigenvalue weighted by Crippen LogP contribution is 2.62. The Morgan fingerprint density at radius 1 is 1.06 bits per heavy atom. The molecule has 2 aliphatic carbocycles. The predicted molar refractivity (Wildman–Crippen MR) is 190 cm³/mol. The van der Waals surface area contributed by atoms with Crippen LogP contribution in [0.25, 0.3) is 5.69 Å². The van der Waals surface area contributed by atoms with Gasteiger partial charge in [-0.2, -0.15) is 0 Å². The molecule has 2 fully saturated rings. The molecular weight excluding hydrogens is 620 g/mol. The molecule has 49 heavy (non-hydrogen) atoms. The van der Waals surface area contributed by atoms with Crippen molar-refractivity contribution in [3.63, 3.8) is 0 Å². The summed E-state index contributed by atoms with van der Waals surface area (Å²) >= 11 is 0. The maximum Gasteiger partial charge on any atom is 0.333 e. The molecule has 2 saturated carbocycles. The summed E-state index contributed by atoms with van der Waals surface area (Å²) in [7, 11) is 0. The van der Waals surface area contributed by atoms with Gasteiger partial charge in [0.2, 0.25) is 0 Å². The van der Waals surface area contributed by atoms with Gasteiger partial charge in [0.25, 0.3) is 5.69 Å². The number of aromatic nitrogens is 3. The summed E-state index contributed by atoms with van der Waals surface area (Å²) in [6.45, 7) is 14.5. The number of benzene rings is 1. The molecule has 2 aromatic rings. The Bertz CT molecular complexity index is 1620. The van der Waals surface area contributed by atoms with Crippen molar-refractivity contribution in [1.29, 1.82) is 0 Å². The number of ether oxygens (including phenoxy) is 1. The van der Waals surface area contributed by atoms with Crippen molar-refractivity contribution in [3.05, 3.63) is 81.2 Å². The number of hydrogen-bond acceptors (Lipinski definition) is 8. The fourth-order valence-corrected chi connectivity index (χ4v) is 8.31. The molecule has 0 saturated heterocycles. The monoisotopic (exact) mass is 674 g/mol. The summed E-state index contributed by atoms with van der Waals surface area (Å²) in [5.41, 5.74) is 2.98. The fourth-order valence-electron chi connectivity index (χ4n) is 8.31. The van der Waals surface area contributed by atoms with Crippen LogP contribution in [-0.2, 0) is 20.9 Å². The van der Waals surface area contributed by atoms with Gasteiger partial charge in [-0.15, -0.1) is 5.10 Å². The van der Waals surface area contributed by atoms with E-state index in [0.717, 1.165) is 57.8 Å². The molecule has 0 aliphatic heterocycles. The zero-order chi connectivity index (χ0) is 36.0. The first-order chi connectivity index (χ1) is 23.0. The number of Topliss-reactive ketones (excluding diaryl/α,β-unsaturated/α-hetero) is 1. The molecule has 0 unspecified atom stereocenters. The number of nitrogens with zero attached hydrogens (tertiary/aromatic N) is 4. The van der Waals surface area contributed by atoms with E-state index in [-0.39, 0.29) is 29.0 Å². The van der Waals surface area contributed by atoms with Gasteiger partial charge in [-0.25, -0.2) is 9.48 Å². The third-order valence-corrected chi connectivity index (χ3v) is 11.3. The number of nitro benzene ring substituents is 1. The first-order valence-electron chi connectivity index (χ1n) is 17.6. The summed E-state index contributed by atoms with van der Waals surface area (Å²) in [6, 6.07) is 6.05. The van der Waals surface area contributed by atoms with E-state index in [1.807, 2.05) is 13.0 Å². The molecule has 0 amide bonds. The molecule has 266 valence electrons. The molecule has 1 aromatic heterocycles. The number of non-ortho nitro benzene ring substituents is 1. The van der Waals surface area contributed by atoms with Crippen LogP contribution in [0, 0.1) is 32.8 Å². The van der Waals surface area contributed by atoms with Gasteiger partial charge in [0.15, 0.2) is 0 Å². The maximum absolute atomic E-state index is 12.8. The van der Waals surface area contributed by atoms with E-state index in [9.17, 15) is 24.8 Å². The number of nitro groups is 1. The lowest BCUT2D eigenvalue weighted by molar-refractivity contribution is -0.384. The van der Waals surface area contributed by atoms with E-state index in [4.69, 9.17) is 4.74 Å². The van der Waals surface area contributed by atoms with E-state index in [1.165, 1.54) is 28.0 Å². The van der Waals surface area contributed by atoms with Crippen molar-refractivity contribution in [2.24, 2.45) is 22.7 Å². The Morgan fingerprint density at radius 3 is 2.43 bits per heavy atom. The predicted octanol–water partition coefficient (Wildman–Crippen LogP) is 8.57. The Morgan fingerprint density at radius 2 is 1.73 bits per heavy atom. The Kier molecular flexibility index (Phi) is 12.2. The topological polar surface area (TPSA) is 137 Å². The standard InChI is InChI=1S/C39H54N4O6/c1-27(14-9-16-29(3)36(45)49-26-30-25-42(41-40-30)31-17-11-18-32(24-31)43(47)48)12-8-13-28(2)15-10-19-34-38(6)22-21-35(44)37(4,5)33(38)20-23-39(34,7)46/h11-12,15-18,24-25,33-34,46H,8-10,13-14,19-23,26H2,1-7H3/b27-12+,28-15+,29-16+/t33-,34-,38+,39-/m1/s1. The highest BCUT2D eigenvalue weighted by molar-refractivity contribution is 5.87. The van der Waals surface area contributed by atoms with Crippen molar-refractivity contribution < 1.29 is 24.4 Å². The zero-order valence-corrected chi connectivity index (χ0v) is 30.3. The van der Waals surface area contributed by atoms with E-state index >= 15 is 0 Å². The SMILES string of the molecule is C/C(=C\CC/C(C)=C/CC[C@@H]1[C@@]2(C)CCC(=O)C(C)(C)[C@H]2CC[C@@]1(C)O)CC/C=C(\C)C(=O)OCc1cn(-c2cccc([N+](=O)[O-])c2)nn1. The van der Waals surface area contributed by atoms with Crippen LogP contribution >= 0.6 is 0 Å². The van der Waals surface area contributed by atoms with Crippen molar-refractivity contribution >= 4 is 17.4 Å². The van der Waals surface area contributed by atoms with E-state index in [0.29, 0.717) is 35.1 Å². The molecule has 0 spiro atoms. The van der Waals surface area contributed by atoms with Gasteiger partial charge in [-0.3, -0.25) is 14.9 Å². The van der Waals surface area contributed by atoms with Crippen LogP contribution in [0.4, 0.5) is 5.69 Å². The smallest absolute Gasteiger partial charge is 0.333 e. The first kappa shape index (κ1) is 37.9. The minimum absolute atomic E-state index is 0.0247. The fraction of sp³-hybridized carbons (Fsp3) is 0.590. The van der Waals surface area contributed by atoms with Crippen molar-refractivity contribution in [1.82, 2.24) is 15.0 Å².